The third-order valence-electron chi connectivity index (χ3n) is 4.70. The lowest BCUT2D eigenvalue weighted by Crippen LogP contribution is -2.41. The van der Waals surface area contributed by atoms with Crippen molar-refractivity contribution in [1.29, 1.82) is 0 Å². The van der Waals surface area contributed by atoms with Crippen LogP contribution in [-0.4, -0.2) is 41.1 Å². The molecule has 0 bridgehead atoms. The molecule has 1 aromatic rings. The molecule has 6 nitrogen and oxygen atoms in total. The van der Waals surface area contributed by atoms with Gasteiger partial charge in [0.2, 0.25) is 0 Å². The Hall–Kier alpha value is -1.73. The normalized spacial score (nSPS) is 20.0. The van der Waals surface area contributed by atoms with Gasteiger partial charge in [-0.2, -0.15) is 0 Å². The summed E-state index contributed by atoms with van der Waals surface area (Å²) in [4.78, 5) is 12.0. The first-order valence-corrected chi connectivity index (χ1v) is 8.10. The number of rotatable bonds is 5. The Morgan fingerprint density at radius 2 is 1.79 bits per heavy atom. The van der Waals surface area contributed by atoms with Gasteiger partial charge in [-0.15, -0.1) is 0 Å². The average molecular weight is 336 g/mol. The minimum atomic E-state index is -0.743. The molecule has 1 heterocycles. The average Bonchev–Trinajstić information content (AvgIpc) is 2.68. The molecule has 1 fully saturated rings. The minimum Gasteiger partial charge on any atom is -0.508 e. The molecule has 0 radical (unpaired) electrons. The third kappa shape index (κ3) is 3.67. The number of hydrogen-bond acceptors (Lipinski definition) is 6. The summed E-state index contributed by atoms with van der Waals surface area (Å²) < 4.78 is 17.1. The smallest absolute Gasteiger partial charge is 0.466 e. The van der Waals surface area contributed by atoms with Gasteiger partial charge in [0.1, 0.15) is 11.5 Å². The van der Waals surface area contributed by atoms with Crippen LogP contribution in [0.25, 0.3) is 0 Å². The molecule has 1 unspecified atom stereocenters. The van der Waals surface area contributed by atoms with E-state index in [1.54, 1.807) is 6.92 Å². The SMILES string of the molecule is CCOC(=O)CC(B1OC(C)(C)C(C)(C)O1)c1cc(O)ccc1O. The molecule has 24 heavy (non-hydrogen) atoms. The Bertz CT molecular complexity index is 597. The standard InChI is InChI=1S/C17H25BO6/c1-6-22-15(21)10-13(12-9-11(19)7-8-14(12)20)18-23-16(2,3)17(4,5)24-18/h7-9,13,19-20H,6,10H2,1-5H3. The zero-order valence-electron chi connectivity index (χ0n) is 14.8. The predicted molar refractivity (Wildman–Crippen MR) is 89.8 cm³/mol. The maximum Gasteiger partial charge on any atom is 0.466 e. The van der Waals surface area contributed by atoms with Crippen molar-refractivity contribution >= 4 is 13.1 Å². The molecule has 0 saturated carbocycles. The second kappa shape index (κ2) is 6.65. The number of benzene rings is 1. The molecule has 0 aromatic heterocycles. The van der Waals surface area contributed by atoms with E-state index >= 15 is 0 Å². The quantitative estimate of drug-likeness (QED) is 0.489. The van der Waals surface area contributed by atoms with Crippen LogP contribution in [0, 0.1) is 0 Å². The number of phenolic OH excluding ortho intramolecular Hbond substituents is 2. The van der Waals surface area contributed by atoms with Crippen LogP contribution in [0.1, 0.15) is 52.4 Å². The Morgan fingerprint density at radius 3 is 2.33 bits per heavy atom. The first-order chi connectivity index (χ1) is 11.1. The zero-order valence-corrected chi connectivity index (χ0v) is 14.8. The molecular formula is C17H25BO6. The molecule has 132 valence electrons. The highest BCUT2D eigenvalue weighted by atomic mass is 16.7. The molecular weight excluding hydrogens is 311 g/mol. The highest BCUT2D eigenvalue weighted by Crippen LogP contribution is 2.43. The first kappa shape index (κ1) is 18.6. The van der Waals surface area contributed by atoms with Crippen LogP contribution >= 0.6 is 0 Å². The fourth-order valence-electron chi connectivity index (χ4n) is 2.64. The third-order valence-corrected chi connectivity index (χ3v) is 4.70. The van der Waals surface area contributed by atoms with Crippen LogP contribution in [0.5, 0.6) is 11.5 Å². The summed E-state index contributed by atoms with van der Waals surface area (Å²) in [6, 6.07) is 4.18. The number of carbonyl (C=O) groups is 1. The van der Waals surface area contributed by atoms with Crippen molar-refractivity contribution in [3.8, 4) is 11.5 Å². The molecule has 2 N–H and O–H groups in total. The van der Waals surface area contributed by atoms with E-state index in [1.165, 1.54) is 18.2 Å². The lowest BCUT2D eigenvalue weighted by atomic mass is 9.66. The molecule has 1 atom stereocenters. The lowest BCUT2D eigenvalue weighted by Gasteiger charge is -2.32. The van der Waals surface area contributed by atoms with Gasteiger partial charge < -0.3 is 24.3 Å². The predicted octanol–water partition coefficient (Wildman–Crippen LogP) is 2.77. The minimum absolute atomic E-state index is 0.00632. The highest BCUT2D eigenvalue weighted by Gasteiger charge is 2.54. The summed E-state index contributed by atoms with van der Waals surface area (Å²) in [5.74, 6) is -1.05. The van der Waals surface area contributed by atoms with Gasteiger partial charge in [0, 0.05) is 5.82 Å². The number of esters is 1. The second-order valence-electron chi connectivity index (χ2n) is 6.98. The van der Waals surface area contributed by atoms with Crippen LogP contribution in [0.2, 0.25) is 0 Å². The van der Waals surface area contributed by atoms with E-state index in [-0.39, 0.29) is 24.5 Å². The van der Waals surface area contributed by atoms with Crippen LogP contribution in [0.4, 0.5) is 0 Å². The number of carbonyl (C=O) groups excluding carboxylic acids is 1. The monoisotopic (exact) mass is 336 g/mol. The summed E-state index contributed by atoms with van der Waals surface area (Å²) in [7, 11) is -0.743. The van der Waals surface area contributed by atoms with Gasteiger partial charge in [0.05, 0.1) is 24.2 Å². The lowest BCUT2D eigenvalue weighted by molar-refractivity contribution is -0.143. The number of hydrogen-bond donors (Lipinski definition) is 2. The molecule has 1 aliphatic rings. The van der Waals surface area contributed by atoms with Crippen LogP contribution < -0.4 is 0 Å². The van der Waals surface area contributed by atoms with E-state index in [0.29, 0.717) is 5.56 Å². The molecule has 0 aliphatic carbocycles. The van der Waals surface area contributed by atoms with Crippen molar-refractivity contribution < 1.29 is 29.1 Å². The molecule has 2 rings (SSSR count). The molecule has 1 aromatic carbocycles. The molecule has 1 aliphatic heterocycles. The fourth-order valence-corrected chi connectivity index (χ4v) is 2.64. The Balaban J connectivity index is 2.37. The Kier molecular flexibility index (Phi) is 5.15. The molecule has 0 spiro atoms. The van der Waals surface area contributed by atoms with Crippen LogP contribution in [0.15, 0.2) is 18.2 Å². The molecule has 1 saturated heterocycles. The van der Waals surface area contributed by atoms with Crippen molar-refractivity contribution in [3.05, 3.63) is 23.8 Å². The fraction of sp³-hybridized carbons (Fsp3) is 0.588. The Morgan fingerprint density at radius 1 is 1.21 bits per heavy atom. The van der Waals surface area contributed by atoms with Gasteiger partial charge in [-0.1, -0.05) is 0 Å². The van der Waals surface area contributed by atoms with Gasteiger partial charge in [-0.25, -0.2) is 0 Å². The number of phenols is 2. The van der Waals surface area contributed by atoms with Gasteiger partial charge >= 0.3 is 13.1 Å². The van der Waals surface area contributed by atoms with E-state index < -0.39 is 30.1 Å². The number of aromatic hydroxyl groups is 2. The van der Waals surface area contributed by atoms with Crippen molar-refractivity contribution in [3.63, 3.8) is 0 Å². The van der Waals surface area contributed by atoms with Crippen LogP contribution in [-0.2, 0) is 18.8 Å². The largest absolute Gasteiger partial charge is 0.508 e. The second-order valence-corrected chi connectivity index (χ2v) is 6.98. The first-order valence-electron chi connectivity index (χ1n) is 8.10. The van der Waals surface area contributed by atoms with E-state index in [2.05, 4.69) is 0 Å². The molecule has 0 amide bonds. The van der Waals surface area contributed by atoms with Crippen molar-refractivity contribution in [2.45, 2.75) is 58.1 Å². The summed E-state index contributed by atoms with van der Waals surface area (Å²) in [5, 5.41) is 20.0. The van der Waals surface area contributed by atoms with Crippen molar-refractivity contribution in [1.82, 2.24) is 0 Å². The van der Waals surface area contributed by atoms with Crippen LogP contribution in [0.3, 0.4) is 0 Å². The summed E-state index contributed by atoms with van der Waals surface area (Å²) >= 11 is 0. The number of ether oxygens (including phenoxy) is 1. The maximum atomic E-state index is 12.0. The van der Waals surface area contributed by atoms with Crippen molar-refractivity contribution in [2.75, 3.05) is 6.61 Å². The van der Waals surface area contributed by atoms with Gasteiger partial charge in [0.25, 0.3) is 0 Å². The van der Waals surface area contributed by atoms with E-state index in [4.69, 9.17) is 14.0 Å². The van der Waals surface area contributed by atoms with Gasteiger partial charge in [-0.05, 0) is 58.4 Å². The van der Waals surface area contributed by atoms with E-state index in [9.17, 15) is 15.0 Å². The zero-order chi connectivity index (χ0) is 18.1. The van der Waals surface area contributed by atoms with Gasteiger partial charge in [-0.3, -0.25) is 4.79 Å². The molecule has 7 heteroatoms. The van der Waals surface area contributed by atoms with E-state index in [0.717, 1.165) is 0 Å². The maximum absolute atomic E-state index is 12.0. The Labute approximate surface area is 142 Å². The highest BCUT2D eigenvalue weighted by molar-refractivity contribution is 6.48. The van der Waals surface area contributed by atoms with E-state index in [1.807, 2.05) is 27.7 Å². The van der Waals surface area contributed by atoms with Crippen molar-refractivity contribution in [2.24, 2.45) is 0 Å². The summed E-state index contributed by atoms with van der Waals surface area (Å²) in [6.07, 6.45) is -0.0261. The summed E-state index contributed by atoms with van der Waals surface area (Å²) in [5.41, 5.74) is -0.754. The topological polar surface area (TPSA) is 85.2 Å². The summed E-state index contributed by atoms with van der Waals surface area (Å²) in [6.45, 7) is 9.65. The van der Waals surface area contributed by atoms with Gasteiger partial charge in [0.15, 0.2) is 0 Å².